The van der Waals surface area contributed by atoms with E-state index in [1.165, 1.54) is 103 Å². The second-order valence-corrected chi connectivity index (χ2v) is 28.6. The minimum absolute atomic E-state index is 0.0984. The Labute approximate surface area is 535 Å². The van der Waals surface area contributed by atoms with Gasteiger partial charge in [0.05, 0.1) is 26.4 Å². The lowest BCUT2D eigenvalue weighted by Crippen LogP contribution is -2.30. The Hall–Kier alpha value is -2.46. The summed E-state index contributed by atoms with van der Waals surface area (Å²) in [5.74, 6) is -0.0153. The van der Waals surface area contributed by atoms with Gasteiger partial charge in [0.2, 0.25) is 0 Å². The maximum atomic E-state index is 13.0. The molecule has 0 aromatic rings. The minimum Gasteiger partial charge on any atom is -0.462 e. The van der Waals surface area contributed by atoms with Crippen LogP contribution in [-0.4, -0.2) is 96.7 Å². The van der Waals surface area contributed by atoms with E-state index < -0.39 is 97.5 Å². The summed E-state index contributed by atoms with van der Waals surface area (Å²) in [7, 11) is -9.91. The Morgan fingerprint density at radius 3 is 0.920 bits per heavy atom. The summed E-state index contributed by atoms with van der Waals surface area (Å²) >= 11 is 0. The quantitative estimate of drug-likeness (QED) is 0.0169. The van der Waals surface area contributed by atoms with Crippen LogP contribution in [0.1, 0.15) is 318 Å². The van der Waals surface area contributed by atoms with Crippen molar-refractivity contribution in [2.75, 3.05) is 39.6 Å². The average Bonchev–Trinajstić information content (AvgIpc) is 3.67. The molecule has 0 rings (SSSR count). The van der Waals surface area contributed by atoms with Crippen molar-refractivity contribution >= 4 is 39.5 Å². The number of hydrogen-bond acceptors (Lipinski definition) is 15. The summed E-state index contributed by atoms with van der Waals surface area (Å²) in [5.41, 5.74) is 0. The Morgan fingerprint density at radius 2 is 0.614 bits per heavy atom. The first-order chi connectivity index (χ1) is 42.2. The minimum atomic E-state index is -4.96. The second kappa shape index (κ2) is 59.5. The number of phosphoric acid groups is 2. The number of unbranched alkanes of at least 4 members (excludes halogenated alkanes) is 30. The third-order valence-corrected chi connectivity index (χ3v) is 17.2. The molecule has 0 saturated heterocycles. The summed E-state index contributed by atoms with van der Waals surface area (Å²) in [4.78, 5) is 72.4. The van der Waals surface area contributed by atoms with Crippen molar-refractivity contribution in [1.29, 1.82) is 0 Å². The first kappa shape index (κ1) is 85.5. The molecular formula is C69H130O17P2. The van der Waals surface area contributed by atoms with Gasteiger partial charge in [0.1, 0.15) is 19.3 Å². The molecule has 0 aliphatic carbocycles. The number of ether oxygens (including phenoxy) is 4. The van der Waals surface area contributed by atoms with Crippen LogP contribution >= 0.6 is 15.6 Å². The molecule has 0 saturated carbocycles. The van der Waals surface area contributed by atoms with Gasteiger partial charge in [-0.15, -0.1) is 0 Å². The number of esters is 4. The van der Waals surface area contributed by atoms with Crippen LogP contribution in [0.15, 0.2) is 24.3 Å². The lowest BCUT2D eigenvalue weighted by molar-refractivity contribution is -0.161. The molecule has 0 aromatic carbocycles. The second-order valence-electron chi connectivity index (χ2n) is 25.7. The number of aliphatic hydroxyl groups is 1. The van der Waals surface area contributed by atoms with Crippen LogP contribution in [0.4, 0.5) is 0 Å². The fraction of sp³-hybridized carbons (Fsp3) is 0.884. The zero-order valence-corrected chi connectivity index (χ0v) is 58.5. The van der Waals surface area contributed by atoms with Crippen molar-refractivity contribution in [3.05, 3.63) is 24.3 Å². The zero-order valence-electron chi connectivity index (χ0n) is 56.7. The molecule has 19 heteroatoms. The molecule has 0 aliphatic rings. The van der Waals surface area contributed by atoms with E-state index in [1.807, 2.05) is 0 Å². The number of carbonyl (C=O) groups excluding carboxylic acids is 4. The summed E-state index contributed by atoms with van der Waals surface area (Å²) in [5, 5.41) is 10.6. The van der Waals surface area contributed by atoms with Crippen molar-refractivity contribution < 1.29 is 80.2 Å². The maximum absolute atomic E-state index is 13.0. The van der Waals surface area contributed by atoms with E-state index in [4.69, 9.17) is 37.0 Å². The van der Waals surface area contributed by atoms with Gasteiger partial charge >= 0.3 is 39.5 Å². The van der Waals surface area contributed by atoms with E-state index in [2.05, 4.69) is 72.8 Å². The highest BCUT2D eigenvalue weighted by atomic mass is 31.2. The van der Waals surface area contributed by atoms with Crippen molar-refractivity contribution in [1.82, 2.24) is 0 Å². The number of carbonyl (C=O) groups is 4. The van der Waals surface area contributed by atoms with E-state index in [0.717, 1.165) is 121 Å². The molecule has 0 aliphatic heterocycles. The SMILES string of the molecule is CCCCCC/C=C\C=C/CCCCCCCC(=O)OC[C@H](COP(=O)(O)OCC(O)COP(=O)(O)OC[C@@H](COC(=O)CCCCCCCCCC(C)C)OC(=O)CCCCCCCCCC(C)C)OC(=O)CCCCCCCCCCCCC(C)C. The fourth-order valence-corrected chi connectivity index (χ4v) is 11.4. The molecule has 0 radical (unpaired) electrons. The Kier molecular flexibility index (Phi) is 57.9. The van der Waals surface area contributed by atoms with Gasteiger partial charge in [-0.3, -0.25) is 37.3 Å². The van der Waals surface area contributed by atoms with Crippen LogP contribution in [0.5, 0.6) is 0 Å². The van der Waals surface area contributed by atoms with Crippen molar-refractivity contribution in [2.45, 2.75) is 336 Å². The molecule has 0 amide bonds. The van der Waals surface area contributed by atoms with Crippen LogP contribution in [-0.2, 0) is 65.4 Å². The molecule has 17 nitrogen and oxygen atoms in total. The normalized spacial score (nSPS) is 14.4. The average molecular weight is 1290 g/mol. The highest BCUT2D eigenvalue weighted by Gasteiger charge is 2.30. The Balaban J connectivity index is 5.28. The van der Waals surface area contributed by atoms with E-state index in [1.54, 1.807) is 0 Å². The highest BCUT2D eigenvalue weighted by molar-refractivity contribution is 7.47. The fourth-order valence-electron chi connectivity index (χ4n) is 9.82. The van der Waals surface area contributed by atoms with Gasteiger partial charge in [-0.25, -0.2) is 9.13 Å². The monoisotopic (exact) mass is 1290 g/mol. The van der Waals surface area contributed by atoms with Crippen LogP contribution in [0.2, 0.25) is 0 Å². The van der Waals surface area contributed by atoms with Crippen LogP contribution in [0, 0.1) is 17.8 Å². The van der Waals surface area contributed by atoms with Gasteiger partial charge in [0.25, 0.3) is 0 Å². The smallest absolute Gasteiger partial charge is 0.462 e. The van der Waals surface area contributed by atoms with Crippen LogP contribution < -0.4 is 0 Å². The molecule has 0 aromatic heterocycles. The topological polar surface area (TPSA) is 237 Å². The molecule has 0 spiro atoms. The largest absolute Gasteiger partial charge is 0.472 e. The predicted molar refractivity (Wildman–Crippen MR) is 354 cm³/mol. The van der Waals surface area contributed by atoms with Gasteiger partial charge < -0.3 is 33.8 Å². The molecule has 0 fully saturated rings. The predicted octanol–water partition coefficient (Wildman–Crippen LogP) is 19.0. The van der Waals surface area contributed by atoms with Crippen molar-refractivity contribution in [2.24, 2.45) is 17.8 Å². The lowest BCUT2D eigenvalue weighted by atomic mass is 10.0. The lowest BCUT2D eigenvalue weighted by Gasteiger charge is -2.21. The van der Waals surface area contributed by atoms with E-state index >= 15 is 0 Å². The molecule has 5 atom stereocenters. The molecule has 0 bridgehead atoms. The Morgan fingerprint density at radius 1 is 0.352 bits per heavy atom. The molecule has 3 unspecified atom stereocenters. The van der Waals surface area contributed by atoms with Crippen LogP contribution in [0.25, 0.3) is 0 Å². The summed E-state index contributed by atoms with van der Waals surface area (Å²) in [6, 6.07) is 0. The molecular weight excluding hydrogens is 1160 g/mol. The Bertz CT molecular complexity index is 1830. The van der Waals surface area contributed by atoms with E-state index in [9.17, 15) is 43.2 Å². The third kappa shape index (κ3) is 62.4. The standard InChI is InChI=1S/C69H130O17P2/c1-8-9-10-11-12-13-14-15-16-17-18-22-29-36-43-50-66(71)79-56-64(85-68(73)52-45-38-30-23-20-19-21-26-33-40-47-60(2)3)58-83-87(75,76)81-54-63(70)55-82-88(77,78)84-59-65(86-69(74)53-46-39-32-25-28-35-42-49-62(6)7)57-80-67(72)51-44-37-31-24-27-34-41-48-61(4)5/h13-16,60-65,70H,8-12,17-59H2,1-7H3,(H,75,76)(H,77,78)/b14-13-,16-15-/t63?,64-,65-/m1/s1. The van der Waals surface area contributed by atoms with Gasteiger partial charge in [-0.05, 0) is 69.1 Å². The summed E-state index contributed by atoms with van der Waals surface area (Å²) < 4.78 is 68.1. The van der Waals surface area contributed by atoms with Gasteiger partial charge in [-0.1, -0.05) is 265 Å². The van der Waals surface area contributed by atoms with E-state index in [0.29, 0.717) is 37.5 Å². The third-order valence-electron chi connectivity index (χ3n) is 15.3. The van der Waals surface area contributed by atoms with Crippen molar-refractivity contribution in [3.8, 4) is 0 Å². The summed E-state index contributed by atoms with van der Waals surface area (Å²) in [6.07, 6.45) is 45.5. The number of allylic oxidation sites excluding steroid dienone is 4. The summed E-state index contributed by atoms with van der Waals surface area (Å²) in [6.45, 7) is 11.6. The van der Waals surface area contributed by atoms with Gasteiger partial charge in [0, 0.05) is 25.7 Å². The molecule has 88 heavy (non-hydrogen) atoms. The first-order valence-electron chi connectivity index (χ1n) is 35.2. The molecule has 518 valence electrons. The van der Waals surface area contributed by atoms with Gasteiger partial charge in [-0.2, -0.15) is 0 Å². The molecule has 3 N–H and O–H groups in total. The number of hydrogen-bond donors (Lipinski definition) is 3. The maximum Gasteiger partial charge on any atom is 0.472 e. The number of aliphatic hydroxyl groups excluding tert-OH is 1. The first-order valence-corrected chi connectivity index (χ1v) is 38.2. The van der Waals surface area contributed by atoms with E-state index in [-0.39, 0.29) is 25.7 Å². The van der Waals surface area contributed by atoms with Gasteiger partial charge in [0.15, 0.2) is 12.2 Å². The van der Waals surface area contributed by atoms with Crippen molar-refractivity contribution in [3.63, 3.8) is 0 Å². The highest BCUT2D eigenvalue weighted by Crippen LogP contribution is 2.45. The zero-order chi connectivity index (χ0) is 65.2. The van der Waals surface area contributed by atoms with Crippen LogP contribution in [0.3, 0.4) is 0 Å². The number of rotatable bonds is 65. The number of phosphoric ester groups is 2. The molecule has 0 heterocycles.